The molecule has 0 saturated carbocycles. The molecule has 0 aliphatic heterocycles. The summed E-state index contributed by atoms with van der Waals surface area (Å²) >= 11 is 0. The third-order valence-corrected chi connectivity index (χ3v) is 3.58. The van der Waals surface area contributed by atoms with Crippen LogP contribution in [0.15, 0.2) is 33.5 Å². The van der Waals surface area contributed by atoms with E-state index >= 15 is 0 Å². The number of aromatic nitrogens is 1. The molecule has 0 spiro atoms. The number of aromatic amines is 1. The summed E-state index contributed by atoms with van der Waals surface area (Å²) < 4.78 is 5.86. The van der Waals surface area contributed by atoms with Crippen molar-refractivity contribution in [3.8, 4) is 0 Å². The zero-order valence-electron chi connectivity index (χ0n) is 9.25. The lowest BCUT2D eigenvalue weighted by molar-refractivity contribution is 0.662. The molecule has 3 aromatic rings. The van der Waals surface area contributed by atoms with E-state index in [-0.39, 0.29) is 5.56 Å². The van der Waals surface area contributed by atoms with Gasteiger partial charge in [0.1, 0.15) is 11.2 Å². The zero-order chi connectivity index (χ0) is 11.4. The number of pyridine rings is 1. The van der Waals surface area contributed by atoms with Gasteiger partial charge in [-0.05, 0) is 25.3 Å². The predicted octanol–water partition coefficient (Wildman–Crippen LogP) is 2.76. The highest BCUT2D eigenvalue weighted by Crippen LogP contribution is 2.32. The second-order valence-electron chi connectivity index (χ2n) is 4.57. The molecule has 1 aliphatic rings. The molecule has 2 aromatic heterocycles. The molecule has 0 unspecified atom stereocenters. The minimum Gasteiger partial charge on any atom is -0.455 e. The van der Waals surface area contributed by atoms with Gasteiger partial charge in [-0.3, -0.25) is 4.79 Å². The molecule has 0 bridgehead atoms. The topological polar surface area (TPSA) is 46.0 Å². The van der Waals surface area contributed by atoms with Gasteiger partial charge in [-0.2, -0.15) is 0 Å². The summed E-state index contributed by atoms with van der Waals surface area (Å²) in [6.07, 6.45) is 3.06. The molecule has 1 aliphatic carbocycles. The molecule has 1 N–H and O–H groups in total. The highest BCUT2D eigenvalue weighted by Gasteiger charge is 2.21. The highest BCUT2D eigenvalue weighted by atomic mass is 16.3. The van der Waals surface area contributed by atoms with Gasteiger partial charge in [-0.25, -0.2) is 0 Å². The first-order valence-corrected chi connectivity index (χ1v) is 5.90. The second-order valence-corrected chi connectivity index (χ2v) is 4.57. The Balaban J connectivity index is 2.32. The van der Waals surface area contributed by atoms with Crippen LogP contribution < -0.4 is 5.56 Å². The third kappa shape index (κ3) is 1.08. The molecule has 0 radical (unpaired) electrons. The number of benzene rings is 1. The number of rotatable bonds is 0. The van der Waals surface area contributed by atoms with E-state index in [1.165, 1.54) is 5.56 Å². The fourth-order valence-corrected chi connectivity index (χ4v) is 2.82. The van der Waals surface area contributed by atoms with Crippen molar-refractivity contribution in [2.75, 3.05) is 0 Å². The van der Waals surface area contributed by atoms with Crippen LogP contribution in [0.3, 0.4) is 0 Å². The Morgan fingerprint density at radius 1 is 1.18 bits per heavy atom. The van der Waals surface area contributed by atoms with Gasteiger partial charge in [0.2, 0.25) is 0 Å². The lowest BCUT2D eigenvalue weighted by atomic mass is 10.1. The molecule has 4 rings (SSSR count). The lowest BCUT2D eigenvalue weighted by Crippen LogP contribution is -2.08. The van der Waals surface area contributed by atoms with Gasteiger partial charge in [-0.15, -0.1) is 0 Å². The normalized spacial score (nSPS) is 14.6. The maximum Gasteiger partial charge on any atom is 0.259 e. The Labute approximate surface area is 97.1 Å². The fourth-order valence-electron chi connectivity index (χ4n) is 2.82. The number of aryl methyl sites for hydroxylation is 2. The summed E-state index contributed by atoms with van der Waals surface area (Å²) in [6.45, 7) is 0. The largest absolute Gasteiger partial charge is 0.455 e. The SMILES string of the molecule is O=c1[nH]c2c(c3oc4ccccc4c13)CCC2. The second kappa shape index (κ2) is 3.00. The molecule has 84 valence electrons. The van der Waals surface area contributed by atoms with Crippen molar-refractivity contribution in [1.29, 1.82) is 0 Å². The van der Waals surface area contributed by atoms with Crippen LogP contribution in [-0.2, 0) is 12.8 Å². The first kappa shape index (κ1) is 9.05. The average molecular weight is 225 g/mol. The Hall–Kier alpha value is -2.03. The summed E-state index contributed by atoms with van der Waals surface area (Å²) in [5.74, 6) is 0. The Kier molecular flexibility index (Phi) is 1.60. The molecule has 1 aromatic carbocycles. The number of H-pyrrole nitrogens is 1. The highest BCUT2D eigenvalue weighted by molar-refractivity contribution is 6.05. The van der Waals surface area contributed by atoms with Gasteiger partial charge >= 0.3 is 0 Å². The van der Waals surface area contributed by atoms with Crippen molar-refractivity contribution < 1.29 is 4.42 Å². The van der Waals surface area contributed by atoms with Crippen LogP contribution in [0.2, 0.25) is 0 Å². The van der Waals surface area contributed by atoms with Gasteiger partial charge in [0.05, 0.1) is 5.39 Å². The van der Waals surface area contributed by atoms with Gasteiger partial charge in [0, 0.05) is 16.6 Å². The van der Waals surface area contributed by atoms with E-state index in [2.05, 4.69) is 4.98 Å². The summed E-state index contributed by atoms with van der Waals surface area (Å²) in [7, 11) is 0. The minimum atomic E-state index is -0.0226. The molecule has 2 heterocycles. The average Bonchev–Trinajstić information content (AvgIpc) is 2.91. The van der Waals surface area contributed by atoms with Crippen LogP contribution in [0.25, 0.3) is 21.9 Å². The Bertz CT molecular complexity index is 795. The molecule has 17 heavy (non-hydrogen) atoms. The van der Waals surface area contributed by atoms with E-state index < -0.39 is 0 Å². The molecular weight excluding hydrogens is 214 g/mol. The fraction of sp³-hybridized carbons (Fsp3) is 0.214. The summed E-state index contributed by atoms with van der Waals surface area (Å²) in [5, 5.41) is 1.62. The number of nitrogens with one attached hydrogen (secondary N) is 1. The molecule has 0 fully saturated rings. The summed E-state index contributed by atoms with van der Waals surface area (Å²) in [5.41, 5.74) is 3.82. The van der Waals surface area contributed by atoms with E-state index in [1.54, 1.807) is 0 Å². The van der Waals surface area contributed by atoms with Crippen molar-refractivity contribution in [2.24, 2.45) is 0 Å². The smallest absolute Gasteiger partial charge is 0.259 e. The van der Waals surface area contributed by atoms with Crippen molar-refractivity contribution in [1.82, 2.24) is 4.98 Å². The maximum absolute atomic E-state index is 12.1. The van der Waals surface area contributed by atoms with Crippen LogP contribution in [0.1, 0.15) is 17.7 Å². The van der Waals surface area contributed by atoms with Crippen molar-refractivity contribution in [3.05, 3.63) is 45.9 Å². The first-order chi connectivity index (χ1) is 8.34. The predicted molar refractivity (Wildman–Crippen MR) is 66.4 cm³/mol. The monoisotopic (exact) mass is 225 g/mol. The van der Waals surface area contributed by atoms with Gasteiger partial charge in [0.15, 0.2) is 0 Å². The van der Waals surface area contributed by atoms with Gasteiger partial charge in [0.25, 0.3) is 5.56 Å². The van der Waals surface area contributed by atoms with E-state index in [4.69, 9.17) is 4.42 Å². The quantitative estimate of drug-likeness (QED) is 0.639. The van der Waals surface area contributed by atoms with Crippen molar-refractivity contribution in [3.63, 3.8) is 0 Å². The van der Waals surface area contributed by atoms with E-state index in [0.717, 1.165) is 41.5 Å². The van der Waals surface area contributed by atoms with Crippen molar-refractivity contribution in [2.45, 2.75) is 19.3 Å². The van der Waals surface area contributed by atoms with E-state index in [0.29, 0.717) is 5.39 Å². The summed E-state index contributed by atoms with van der Waals surface area (Å²) in [6, 6.07) is 7.72. The number of fused-ring (bicyclic) bond motifs is 5. The lowest BCUT2D eigenvalue weighted by Gasteiger charge is -1.98. The van der Waals surface area contributed by atoms with Crippen LogP contribution in [-0.4, -0.2) is 4.98 Å². The molecule has 0 saturated heterocycles. The maximum atomic E-state index is 12.1. The van der Waals surface area contributed by atoms with Gasteiger partial charge < -0.3 is 9.40 Å². The van der Waals surface area contributed by atoms with Crippen LogP contribution in [0, 0.1) is 0 Å². The van der Waals surface area contributed by atoms with Crippen LogP contribution in [0.4, 0.5) is 0 Å². The Morgan fingerprint density at radius 3 is 3.00 bits per heavy atom. The first-order valence-electron chi connectivity index (χ1n) is 5.90. The minimum absolute atomic E-state index is 0.0226. The Morgan fingerprint density at radius 2 is 2.06 bits per heavy atom. The molecule has 3 nitrogen and oxygen atoms in total. The van der Waals surface area contributed by atoms with E-state index in [9.17, 15) is 4.79 Å². The van der Waals surface area contributed by atoms with Crippen LogP contribution in [0.5, 0.6) is 0 Å². The van der Waals surface area contributed by atoms with Crippen LogP contribution >= 0.6 is 0 Å². The third-order valence-electron chi connectivity index (χ3n) is 3.58. The molecule has 0 atom stereocenters. The molecular formula is C14H11NO2. The number of hydrogen-bond acceptors (Lipinski definition) is 2. The van der Waals surface area contributed by atoms with Gasteiger partial charge in [-0.1, -0.05) is 18.2 Å². The molecule has 3 heteroatoms. The number of furan rings is 1. The zero-order valence-corrected chi connectivity index (χ0v) is 9.25. The number of hydrogen-bond donors (Lipinski definition) is 1. The van der Waals surface area contributed by atoms with E-state index in [1.807, 2.05) is 24.3 Å². The van der Waals surface area contributed by atoms with Crippen molar-refractivity contribution >= 4 is 21.9 Å². The standard InChI is InChI=1S/C14H11NO2/c16-14-12-9-4-1-2-7-11(9)17-13(12)8-5-3-6-10(8)15-14/h1-2,4,7H,3,5-6H2,(H,15,16). The number of para-hydroxylation sites is 1. The molecule has 0 amide bonds. The summed E-state index contributed by atoms with van der Waals surface area (Å²) in [4.78, 5) is 15.1.